The summed E-state index contributed by atoms with van der Waals surface area (Å²) in [4.78, 5) is 21.9. The van der Waals surface area contributed by atoms with E-state index in [0.717, 1.165) is 31.3 Å². The number of nitrogens with zero attached hydrogens (tertiary/aromatic N) is 2. The lowest BCUT2D eigenvalue weighted by Crippen LogP contribution is -2.22. The fraction of sp³-hybridized carbons (Fsp3) is 0.400. The Morgan fingerprint density at radius 1 is 1.32 bits per heavy atom. The van der Waals surface area contributed by atoms with E-state index in [1.54, 1.807) is 0 Å². The molecule has 0 spiro atoms. The molecule has 2 rings (SSSR count). The van der Waals surface area contributed by atoms with Crippen LogP contribution in [0.4, 0.5) is 0 Å². The topological polar surface area (TPSA) is 54.9 Å². The first-order valence-corrected chi connectivity index (χ1v) is 9.30. The zero-order valence-electron chi connectivity index (χ0n) is 12.8. The van der Waals surface area contributed by atoms with Crippen molar-refractivity contribution < 1.29 is 4.79 Å². The maximum absolute atomic E-state index is 12.0. The molecule has 0 radical (unpaired) electrons. The van der Waals surface area contributed by atoms with E-state index >= 15 is 0 Å². The van der Waals surface area contributed by atoms with E-state index in [-0.39, 0.29) is 5.91 Å². The van der Waals surface area contributed by atoms with Crippen molar-refractivity contribution in [3.8, 4) is 0 Å². The molecule has 1 N–H and O–H groups in total. The Balaban J connectivity index is 1.88. The van der Waals surface area contributed by atoms with Gasteiger partial charge in [-0.2, -0.15) is 0 Å². The molecule has 0 aliphatic carbocycles. The zero-order valence-corrected chi connectivity index (χ0v) is 15.2. The lowest BCUT2D eigenvalue weighted by atomic mass is 10.1. The molecule has 0 aliphatic heterocycles. The van der Waals surface area contributed by atoms with E-state index in [1.807, 2.05) is 32.2 Å². The molecule has 4 nitrogen and oxygen atoms in total. The Kier molecular flexibility index (Phi) is 6.23. The van der Waals surface area contributed by atoms with Gasteiger partial charge >= 0.3 is 0 Å². The monoisotopic (exact) mass is 355 g/mol. The van der Waals surface area contributed by atoms with Crippen LogP contribution in [0.1, 0.15) is 28.2 Å². The molecule has 1 amide bonds. The van der Waals surface area contributed by atoms with Crippen molar-refractivity contribution in [1.82, 2.24) is 15.3 Å². The maximum Gasteiger partial charge on any atom is 0.220 e. The van der Waals surface area contributed by atoms with Gasteiger partial charge in [0, 0.05) is 22.7 Å². The molecule has 0 saturated carbocycles. The van der Waals surface area contributed by atoms with Crippen LogP contribution in [-0.4, -0.2) is 22.1 Å². The number of aryl methyl sites for hydroxylation is 2. The van der Waals surface area contributed by atoms with Gasteiger partial charge in [-0.1, -0.05) is 23.4 Å². The summed E-state index contributed by atoms with van der Waals surface area (Å²) in [6.45, 7) is 4.46. The van der Waals surface area contributed by atoms with E-state index in [0.29, 0.717) is 19.4 Å². The Bertz CT molecular complexity index is 650. The molecule has 2 heterocycles. The highest BCUT2D eigenvalue weighted by atomic mass is 35.5. The van der Waals surface area contributed by atoms with Gasteiger partial charge in [0.05, 0.1) is 10.9 Å². The van der Waals surface area contributed by atoms with Gasteiger partial charge in [0.1, 0.15) is 0 Å². The molecule has 7 heteroatoms. The van der Waals surface area contributed by atoms with Crippen LogP contribution in [0.5, 0.6) is 0 Å². The summed E-state index contributed by atoms with van der Waals surface area (Å²) in [6.07, 6.45) is 3.05. The Morgan fingerprint density at radius 2 is 2.00 bits per heavy atom. The van der Waals surface area contributed by atoms with Crippen LogP contribution in [-0.2, 0) is 17.8 Å². The summed E-state index contributed by atoms with van der Waals surface area (Å²) in [5, 5.41) is 3.69. The summed E-state index contributed by atoms with van der Waals surface area (Å²) < 4.78 is 0.738. The third-order valence-corrected chi connectivity index (χ3v) is 5.05. The molecule has 0 saturated heterocycles. The average molecular weight is 356 g/mol. The average Bonchev–Trinajstić information content (AvgIpc) is 2.89. The van der Waals surface area contributed by atoms with E-state index in [9.17, 15) is 4.79 Å². The number of amides is 1. The smallest absolute Gasteiger partial charge is 0.220 e. The molecule has 118 valence electrons. The number of hydrogen-bond donors (Lipinski definition) is 1. The van der Waals surface area contributed by atoms with E-state index in [4.69, 9.17) is 11.6 Å². The minimum absolute atomic E-state index is 0.0252. The number of thioether (sulfide) groups is 1. The van der Waals surface area contributed by atoms with Crippen molar-refractivity contribution in [2.45, 2.75) is 38.4 Å². The normalized spacial score (nSPS) is 10.7. The second kappa shape index (κ2) is 7.94. The molecule has 0 bridgehead atoms. The van der Waals surface area contributed by atoms with Crippen molar-refractivity contribution in [1.29, 1.82) is 0 Å². The Hall–Kier alpha value is -1.11. The van der Waals surface area contributed by atoms with Crippen LogP contribution in [0.15, 0.2) is 17.3 Å². The van der Waals surface area contributed by atoms with Crippen LogP contribution in [0.2, 0.25) is 4.34 Å². The third kappa shape index (κ3) is 4.69. The number of rotatable bonds is 6. The molecule has 0 aromatic carbocycles. The molecular weight excluding hydrogens is 338 g/mol. The number of aromatic nitrogens is 2. The van der Waals surface area contributed by atoms with Crippen LogP contribution in [0.25, 0.3) is 0 Å². The van der Waals surface area contributed by atoms with Crippen molar-refractivity contribution in [3.05, 3.63) is 38.3 Å². The lowest BCUT2D eigenvalue weighted by Gasteiger charge is -2.10. The van der Waals surface area contributed by atoms with Gasteiger partial charge in [-0.15, -0.1) is 11.3 Å². The third-order valence-electron chi connectivity index (χ3n) is 3.27. The predicted octanol–water partition coefficient (Wildman–Crippen LogP) is 3.78. The molecule has 0 aliphatic rings. The predicted molar refractivity (Wildman–Crippen MR) is 92.8 cm³/mol. The maximum atomic E-state index is 12.0. The standard InChI is InChI=1S/C15H18ClN3OS2/c1-9-12(10(2)19-15(18-9)21-3)5-7-14(20)17-8-11-4-6-13(16)22-11/h4,6H,5,7-8H2,1-3H3,(H,17,20). The molecule has 22 heavy (non-hydrogen) atoms. The fourth-order valence-electron chi connectivity index (χ4n) is 2.12. The van der Waals surface area contributed by atoms with Gasteiger partial charge in [0.2, 0.25) is 5.91 Å². The summed E-state index contributed by atoms with van der Waals surface area (Å²) in [5.74, 6) is 0.0252. The van der Waals surface area contributed by atoms with E-state index in [2.05, 4.69) is 15.3 Å². The van der Waals surface area contributed by atoms with Crippen LogP contribution >= 0.6 is 34.7 Å². The first kappa shape index (κ1) is 17.2. The SMILES string of the molecule is CSc1nc(C)c(CCC(=O)NCc2ccc(Cl)s2)c(C)n1. The van der Waals surface area contributed by atoms with Crippen molar-refractivity contribution in [2.75, 3.05) is 6.26 Å². The van der Waals surface area contributed by atoms with Gasteiger partial charge < -0.3 is 5.32 Å². The van der Waals surface area contributed by atoms with Crippen molar-refractivity contribution >= 4 is 40.6 Å². The summed E-state index contributed by atoms with van der Waals surface area (Å²) in [7, 11) is 0. The second-order valence-electron chi connectivity index (χ2n) is 4.84. The molecule has 0 atom stereocenters. The molecule has 2 aromatic rings. The van der Waals surface area contributed by atoms with Gasteiger partial charge in [0.15, 0.2) is 5.16 Å². The van der Waals surface area contributed by atoms with Gasteiger partial charge in [-0.3, -0.25) is 4.79 Å². The number of hydrogen-bond acceptors (Lipinski definition) is 5. The minimum atomic E-state index is 0.0252. The summed E-state index contributed by atoms with van der Waals surface area (Å²) in [6, 6.07) is 3.77. The number of nitrogens with one attached hydrogen (secondary N) is 1. The highest BCUT2D eigenvalue weighted by molar-refractivity contribution is 7.98. The minimum Gasteiger partial charge on any atom is -0.351 e. The Labute approximate surface area is 143 Å². The molecule has 0 fully saturated rings. The number of carbonyl (C=O) groups excluding carboxylic acids is 1. The number of carbonyl (C=O) groups is 1. The molecular formula is C15H18ClN3OS2. The van der Waals surface area contributed by atoms with Gasteiger partial charge in [-0.25, -0.2) is 9.97 Å². The van der Waals surface area contributed by atoms with E-state index in [1.165, 1.54) is 23.1 Å². The fourth-order valence-corrected chi connectivity index (χ4v) is 3.60. The van der Waals surface area contributed by atoms with Crippen molar-refractivity contribution in [3.63, 3.8) is 0 Å². The van der Waals surface area contributed by atoms with Crippen molar-refractivity contribution in [2.24, 2.45) is 0 Å². The molecule has 0 unspecified atom stereocenters. The van der Waals surface area contributed by atoms with Crippen LogP contribution in [0.3, 0.4) is 0 Å². The largest absolute Gasteiger partial charge is 0.351 e. The first-order valence-electron chi connectivity index (χ1n) is 6.88. The molecule has 2 aromatic heterocycles. The van der Waals surface area contributed by atoms with Crippen LogP contribution < -0.4 is 5.32 Å². The number of halogens is 1. The first-order chi connectivity index (χ1) is 10.5. The summed E-state index contributed by atoms with van der Waals surface area (Å²) >= 11 is 8.88. The van der Waals surface area contributed by atoms with Crippen LogP contribution in [0, 0.1) is 13.8 Å². The van der Waals surface area contributed by atoms with Gasteiger partial charge in [0.25, 0.3) is 0 Å². The second-order valence-corrected chi connectivity index (χ2v) is 7.42. The zero-order chi connectivity index (χ0) is 16.1. The quantitative estimate of drug-likeness (QED) is 0.633. The highest BCUT2D eigenvalue weighted by Crippen LogP contribution is 2.21. The van der Waals surface area contributed by atoms with Gasteiger partial charge in [-0.05, 0) is 44.2 Å². The lowest BCUT2D eigenvalue weighted by molar-refractivity contribution is -0.121. The Morgan fingerprint density at radius 3 is 2.55 bits per heavy atom. The van der Waals surface area contributed by atoms with E-state index < -0.39 is 0 Å². The highest BCUT2D eigenvalue weighted by Gasteiger charge is 2.10. The summed E-state index contributed by atoms with van der Waals surface area (Å²) in [5.41, 5.74) is 2.97. The number of thiophene rings is 1.